The highest BCUT2D eigenvalue weighted by molar-refractivity contribution is 6.36. The van der Waals surface area contributed by atoms with Gasteiger partial charge in [0.05, 0.1) is 114 Å². The highest BCUT2D eigenvalue weighted by Gasteiger charge is 2.44. The van der Waals surface area contributed by atoms with Gasteiger partial charge in [0, 0.05) is 0 Å². The monoisotopic (exact) mass is 1600 g/mol. The summed E-state index contributed by atoms with van der Waals surface area (Å²) >= 11 is 0. The lowest BCUT2D eigenvalue weighted by molar-refractivity contribution is 0.404. The maximum absolute atomic E-state index is 15.8. The third kappa shape index (κ3) is 12.2. The average Bonchev–Trinajstić information content (AvgIpc) is 1.55. The first-order chi connectivity index (χ1) is 57.6. The first-order valence-corrected chi connectivity index (χ1v) is 33.0. The smallest absolute Gasteiger partial charge is 0.238 e. The van der Waals surface area contributed by atoms with Crippen molar-refractivity contribution < 1.29 is 70.2 Å². The molecule has 0 fully saturated rings. The number of fused-ring (bicyclic) bond motifs is 4. The molecule has 0 atom stereocenters. The average molecular weight is 1610 g/mol. The summed E-state index contributed by atoms with van der Waals surface area (Å²) in [6.07, 6.45) is 0. The van der Waals surface area contributed by atoms with Gasteiger partial charge >= 0.3 is 0 Å². The van der Waals surface area contributed by atoms with E-state index in [1.165, 1.54) is 97.1 Å². The second-order valence-electron chi connectivity index (χ2n) is 25.0. The molecule has 0 N–H and O–H groups in total. The summed E-state index contributed by atoms with van der Waals surface area (Å²) in [6, 6.07) is 36.8. The molecule has 4 aliphatic carbocycles. The maximum atomic E-state index is 15.8. The lowest BCUT2D eigenvalue weighted by Gasteiger charge is -2.16. The molecule has 4 aliphatic rings. The number of halogens is 16. The molecule has 0 aliphatic heterocycles. The summed E-state index contributed by atoms with van der Waals surface area (Å²) < 4.78 is 244. The van der Waals surface area contributed by atoms with E-state index in [2.05, 4.69) is 43.9 Å². The van der Waals surface area contributed by atoms with Crippen LogP contribution in [0.5, 0.6) is 0 Å². The number of rotatable bonds is 8. The molecule has 2 heterocycles. The van der Waals surface area contributed by atoms with Crippen LogP contribution in [0.25, 0.3) is 124 Å². The van der Waals surface area contributed by atoms with Gasteiger partial charge in [0.25, 0.3) is 29.5 Å². The van der Waals surface area contributed by atoms with E-state index in [1.807, 2.05) is 24.3 Å². The van der Waals surface area contributed by atoms with Crippen molar-refractivity contribution >= 4 is 107 Å². The topological polar surface area (TPSA) is 223 Å². The van der Waals surface area contributed by atoms with E-state index in [4.69, 9.17) is 46.0 Å². The van der Waals surface area contributed by atoms with Gasteiger partial charge in [-0.25, -0.2) is 86.6 Å². The van der Waals surface area contributed by atoms with Crippen molar-refractivity contribution in [1.29, 1.82) is 36.8 Å². The van der Waals surface area contributed by atoms with Crippen LogP contribution in [0.2, 0.25) is 0 Å². The summed E-state index contributed by atoms with van der Waals surface area (Å²) in [4.78, 5) is 27.9. The van der Waals surface area contributed by atoms with E-state index in [0.29, 0.717) is 0 Å². The van der Waals surface area contributed by atoms with E-state index < -0.39 is 183 Å². The van der Waals surface area contributed by atoms with Crippen LogP contribution >= 0.6 is 0 Å². The fourth-order valence-electron chi connectivity index (χ4n) is 14.1. The van der Waals surface area contributed by atoms with Crippen molar-refractivity contribution in [3.8, 4) is 42.5 Å². The number of hydrogen-bond acceptors (Lipinski definition) is 9. The van der Waals surface area contributed by atoms with Gasteiger partial charge in [0.1, 0.15) is 35.9 Å². The Kier molecular flexibility index (Phi) is 20.6. The van der Waals surface area contributed by atoms with Crippen LogP contribution in [-0.4, -0.2) is 9.97 Å². The van der Waals surface area contributed by atoms with Crippen LogP contribution in [0.4, 0.5) is 87.3 Å². The molecular formula is C88H20F16N16. The zero-order valence-corrected chi connectivity index (χ0v) is 58.7. The Hall–Kier alpha value is -18.3. The number of hydrogen-bond donors (Lipinski definition) is 0. The van der Waals surface area contributed by atoms with Crippen molar-refractivity contribution in [2.75, 3.05) is 0 Å². The molecule has 564 valence electrons. The summed E-state index contributed by atoms with van der Waals surface area (Å²) in [5.74, 6) is -33.9. The number of benzene rings is 8. The summed E-state index contributed by atoms with van der Waals surface area (Å²) in [5.41, 5.74) is -20.2. The molecule has 0 amide bonds. The number of allylic oxidation sites excluding steroid dienone is 12. The minimum absolute atomic E-state index is 0.00153. The van der Waals surface area contributed by atoms with Gasteiger partial charge in [-0.2, -0.15) is 64.4 Å². The van der Waals surface area contributed by atoms with Gasteiger partial charge in [-0.05, 0) is 148 Å². The Morgan fingerprint density at radius 1 is 0.283 bits per heavy atom. The Balaban J connectivity index is 0.000000208. The van der Waals surface area contributed by atoms with Crippen molar-refractivity contribution in [1.82, 2.24) is 9.97 Å². The van der Waals surface area contributed by atoms with Gasteiger partial charge in [-0.15, -0.1) is 0 Å². The lowest BCUT2D eigenvalue weighted by Crippen LogP contribution is -2.07. The number of nitriles is 7. The molecule has 0 bridgehead atoms. The molecule has 0 saturated carbocycles. The minimum atomic E-state index is -2.16. The molecule has 0 unspecified atom stereocenters. The molecule has 0 saturated heterocycles. The second-order valence-corrected chi connectivity index (χ2v) is 25.0. The number of pyridine rings is 2. The third-order valence-electron chi connectivity index (χ3n) is 19.2. The standard InChI is InChI=1S/C46H10F8N8.C42H10F8N8/c1-59-22-11-9-21(10-12-22)31-32(28(17-57)34-38(49)42(53)46(62-4)43(54)39(34)50)25-13-23-24(14-26(25)44(31)60-2)33(30(27(23)16-56)20-7-5-19(15-55)6-8-20)45(61-3)35-40(51)36(47)29(18-58)37(48)41(35)52;1-54-20-10-8-19(9-11-20)28-29(26(16-53)31-33(43)39(47)57-40(48)34(31)44)23-12-21-22(13-24(23)37(28)55-2)30(27(25(21)15-52)18-6-4-17(14-51)5-7-18)38(56-3)32-35(45)41(49)58-42(50)36(32)46/h5-14H;4-13H/b32-28-,45-33+;29-26-,38-30+. The summed E-state index contributed by atoms with van der Waals surface area (Å²) in [5, 5.41) is 70.6. The molecule has 8 aromatic carbocycles. The van der Waals surface area contributed by atoms with Gasteiger partial charge in [0.15, 0.2) is 81.2 Å². The quantitative estimate of drug-likeness (QED) is 0.0463. The lowest BCUT2D eigenvalue weighted by atomic mass is 9.87. The first-order valence-electron chi connectivity index (χ1n) is 33.0. The first kappa shape index (κ1) is 79.8. The van der Waals surface area contributed by atoms with E-state index >= 15 is 52.7 Å². The van der Waals surface area contributed by atoms with Crippen molar-refractivity contribution in [2.24, 2.45) is 0 Å². The summed E-state index contributed by atoms with van der Waals surface area (Å²) in [7, 11) is 0. The van der Waals surface area contributed by atoms with Crippen molar-refractivity contribution in [3.05, 3.63) is 401 Å². The van der Waals surface area contributed by atoms with Crippen LogP contribution in [-0.2, 0) is 0 Å². The van der Waals surface area contributed by atoms with Gasteiger partial charge in [-0.1, -0.05) is 84.9 Å². The second kappa shape index (κ2) is 31.0. The molecule has 16 nitrogen and oxygen atoms in total. The zero-order valence-electron chi connectivity index (χ0n) is 58.7. The molecule has 10 aromatic rings. The van der Waals surface area contributed by atoms with Crippen LogP contribution in [0, 0.1) is 219 Å². The van der Waals surface area contributed by atoms with Gasteiger partial charge in [-0.3, -0.25) is 0 Å². The Morgan fingerprint density at radius 3 is 0.883 bits per heavy atom. The van der Waals surface area contributed by atoms with Crippen LogP contribution in [0.15, 0.2) is 121 Å². The fraction of sp³-hybridized carbons (Fsp3) is 0. The fourth-order valence-corrected chi connectivity index (χ4v) is 14.1. The Labute approximate surface area is 663 Å². The van der Waals surface area contributed by atoms with Gasteiger partial charge in [0.2, 0.25) is 22.8 Å². The molecular weight excluding hydrogens is 1590 g/mol. The van der Waals surface area contributed by atoms with Crippen molar-refractivity contribution in [2.45, 2.75) is 0 Å². The summed E-state index contributed by atoms with van der Waals surface area (Å²) in [6.45, 7) is 54.3. The molecule has 0 spiro atoms. The van der Waals surface area contributed by atoms with Crippen LogP contribution < -0.4 is 0 Å². The molecule has 14 rings (SSSR count). The number of nitrogens with zero attached hydrogens (tertiary/aromatic N) is 16. The predicted molar refractivity (Wildman–Crippen MR) is 396 cm³/mol. The molecule has 32 heteroatoms. The van der Waals surface area contributed by atoms with Gasteiger partial charge < -0.3 is 0 Å². The zero-order chi connectivity index (χ0) is 86.6. The highest BCUT2D eigenvalue weighted by Crippen LogP contribution is 2.60. The SMILES string of the molecule is [C-]#[N+]C1=C(c2ccc([N+]#[C-])cc2)/C(=C(/C#N)c2c(F)c(F)c([N+]#[C-])c(F)c2F)c2cc3c(cc21)/C(=C(\[N+]#[C-])c1c(F)c(F)c(C#N)c(F)c1F)C(c1ccc(C#N)cc1)=C3C#N.[C-]#[N+]C1=C(c2ccc([N+]#[C-])cc2)/C(=C(/C#N)c2c(F)c(F)nc(F)c2F)c2cc3c(cc21)/C(=C(\[N+]#[C-])c1c(F)c(F)nc(F)c1F)C(c1ccc(C#N)cc1)=C3C#N. The van der Waals surface area contributed by atoms with Crippen LogP contribution in [0.3, 0.4) is 0 Å². The van der Waals surface area contributed by atoms with E-state index in [9.17, 15) is 54.4 Å². The van der Waals surface area contributed by atoms with E-state index in [0.717, 1.165) is 30.3 Å². The maximum Gasteiger partial charge on any atom is 0.262 e. The van der Waals surface area contributed by atoms with E-state index in [1.54, 1.807) is 12.1 Å². The molecule has 120 heavy (non-hydrogen) atoms. The number of aromatic nitrogens is 2. The van der Waals surface area contributed by atoms with Crippen molar-refractivity contribution in [3.63, 3.8) is 0 Å². The Morgan fingerprint density at radius 2 is 0.583 bits per heavy atom. The largest absolute Gasteiger partial charge is 0.262 e. The molecule has 0 radical (unpaired) electrons. The molecule has 2 aromatic heterocycles. The van der Waals surface area contributed by atoms with E-state index in [-0.39, 0.29) is 123 Å². The highest BCUT2D eigenvalue weighted by atomic mass is 19.2. The minimum Gasteiger partial charge on any atom is -0.238 e. The normalized spacial score (nSPS) is 14.2. The van der Waals surface area contributed by atoms with Crippen LogP contribution in [0.1, 0.15) is 106 Å². The Bertz CT molecular complexity index is 6920. The predicted octanol–water partition coefficient (Wildman–Crippen LogP) is 22.6. The third-order valence-corrected chi connectivity index (χ3v) is 19.2.